The Bertz CT molecular complexity index is 650. The minimum absolute atomic E-state index is 0.0696. The molecule has 5 nitrogen and oxygen atoms in total. The summed E-state index contributed by atoms with van der Waals surface area (Å²) in [5.74, 6) is 0. The van der Waals surface area contributed by atoms with E-state index in [1.807, 2.05) is 26.0 Å². The van der Waals surface area contributed by atoms with E-state index in [2.05, 4.69) is 37.6 Å². The molecule has 6 heteroatoms. The highest BCUT2D eigenvalue weighted by molar-refractivity contribution is 7.90. The van der Waals surface area contributed by atoms with Crippen LogP contribution in [0.15, 0.2) is 24.3 Å². The second-order valence-electron chi connectivity index (χ2n) is 7.67. The predicted octanol–water partition coefficient (Wildman–Crippen LogP) is 2.99. The lowest BCUT2D eigenvalue weighted by molar-refractivity contribution is -0.110. The summed E-state index contributed by atoms with van der Waals surface area (Å²) in [6.45, 7) is 10.5. The molecule has 0 spiro atoms. The molecule has 0 bridgehead atoms. The number of benzene rings is 1. The molecule has 1 aliphatic rings. The molecule has 1 aromatic rings. The van der Waals surface area contributed by atoms with Gasteiger partial charge < -0.3 is 0 Å². The first kappa shape index (κ1) is 19.4. The van der Waals surface area contributed by atoms with Crippen LogP contribution in [0.4, 0.5) is 0 Å². The van der Waals surface area contributed by atoms with Gasteiger partial charge in [-0.3, -0.25) is 4.84 Å². The van der Waals surface area contributed by atoms with Crippen LogP contribution in [0.3, 0.4) is 0 Å². The number of nitrogens with zero attached hydrogens (tertiary/aromatic N) is 1. The minimum atomic E-state index is -3.46. The molecule has 3 unspecified atom stereocenters. The molecule has 0 saturated carbocycles. The topological polar surface area (TPSA) is 58.6 Å². The highest BCUT2D eigenvalue weighted by atomic mass is 32.2. The standard InChI is InChI=1S/C18H30N2O3S/c1-7-13(2)19-24(21,22)16-12-23-20(6)17(16)14-8-10-15(11-9-14)18(3,4)5/h8-11,13,16-17,19H,7,12H2,1-6H3. The number of nitrogens with one attached hydrogen (secondary N) is 1. The molecule has 24 heavy (non-hydrogen) atoms. The number of hydrogen-bond donors (Lipinski definition) is 1. The lowest BCUT2D eigenvalue weighted by Crippen LogP contribution is -2.42. The summed E-state index contributed by atoms with van der Waals surface area (Å²) < 4.78 is 28.2. The monoisotopic (exact) mass is 354 g/mol. The van der Waals surface area contributed by atoms with Crippen LogP contribution in [-0.2, 0) is 20.3 Å². The average molecular weight is 355 g/mol. The van der Waals surface area contributed by atoms with Gasteiger partial charge in [0.2, 0.25) is 10.0 Å². The number of hydrogen-bond acceptors (Lipinski definition) is 4. The maximum absolute atomic E-state index is 12.7. The smallest absolute Gasteiger partial charge is 0.219 e. The fraction of sp³-hybridized carbons (Fsp3) is 0.667. The Labute approximate surface area is 146 Å². The first-order chi connectivity index (χ1) is 11.1. The van der Waals surface area contributed by atoms with Crippen molar-refractivity contribution in [3.05, 3.63) is 35.4 Å². The van der Waals surface area contributed by atoms with Gasteiger partial charge in [0.15, 0.2) is 0 Å². The van der Waals surface area contributed by atoms with Crippen molar-refractivity contribution in [2.75, 3.05) is 13.7 Å². The van der Waals surface area contributed by atoms with Crippen LogP contribution in [-0.4, -0.2) is 38.4 Å². The van der Waals surface area contributed by atoms with E-state index in [0.29, 0.717) is 0 Å². The molecule has 0 aromatic heterocycles. The third-order valence-corrected chi connectivity index (χ3v) is 6.60. The third kappa shape index (κ3) is 4.17. The van der Waals surface area contributed by atoms with Crippen LogP contribution < -0.4 is 4.72 Å². The summed E-state index contributed by atoms with van der Waals surface area (Å²) in [5.41, 5.74) is 2.26. The molecular formula is C18H30N2O3S. The van der Waals surface area contributed by atoms with E-state index < -0.39 is 15.3 Å². The summed E-state index contributed by atoms with van der Waals surface area (Å²) in [5, 5.41) is 1.05. The highest BCUT2D eigenvalue weighted by Gasteiger charge is 2.43. The van der Waals surface area contributed by atoms with Gasteiger partial charge in [-0.25, -0.2) is 13.1 Å². The molecular weight excluding hydrogens is 324 g/mol. The van der Waals surface area contributed by atoms with Crippen LogP contribution in [0, 0.1) is 0 Å². The van der Waals surface area contributed by atoms with Crippen molar-refractivity contribution in [2.45, 2.75) is 63.8 Å². The Balaban J connectivity index is 2.29. The molecule has 1 heterocycles. The number of sulfonamides is 1. The fourth-order valence-corrected chi connectivity index (χ4v) is 4.72. The Morgan fingerprint density at radius 2 is 1.88 bits per heavy atom. The van der Waals surface area contributed by atoms with Gasteiger partial charge >= 0.3 is 0 Å². The third-order valence-electron chi connectivity index (χ3n) is 4.68. The largest absolute Gasteiger partial charge is 0.297 e. The van der Waals surface area contributed by atoms with Gasteiger partial charge in [0.25, 0.3) is 0 Å². The molecule has 1 N–H and O–H groups in total. The first-order valence-electron chi connectivity index (χ1n) is 8.53. The molecule has 1 aliphatic heterocycles. The van der Waals surface area contributed by atoms with E-state index in [9.17, 15) is 8.42 Å². The van der Waals surface area contributed by atoms with E-state index in [1.54, 1.807) is 12.1 Å². The van der Waals surface area contributed by atoms with Gasteiger partial charge in [-0.15, -0.1) is 0 Å². The van der Waals surface area contributed by atoms with E-state index >= 15 is 0 Å². The predicted molar refractivity (Wildman–Crippen MR) is 97.2 cm³/mol. The molecule has 1 saturated heterocycles. The van der Waals surface area contributed by atoms with Crippen molar-refractivity contribution in [2.24, 2.45) is 0 Å². The zero-order valence-corrected chi connectivity index (χ0v) is 16.4. The lowest BCUT2D eigenvalue weighted by atomic mass is 9.86. The molecule has 2 rings (SSSR count). The number of rotatable bonds is 5. The maximum atomic E-state index is 12.7. The fourth-order valence-electron chi connectivity index (χ4n) is 2.91. The van der Waals surface area contributed by atoms with Crippen molar-refractivity contribution in [1.82, 2.24) is 9.79 Å². The molecule has 3 atom stereocenters. The van der Waals surface area contributed by atoms with Crippen molar-refractivity contribution in [3.8, 4) is 0 Å². The van der Waals surface area contributed by atoms with Crippen LogP contribution in [0.2, 0.25) is 0 Å². The van der Waals surface area contributed by atoms with Crippen LogP contribution in [0.25, 0.3) is 0 Å². The normalized spacial score (nSPS) is 24.2. The molecule has 1 fully saturated rings. The SMILES string of the molecule is CCC(C)NS(=O)(=O)C1CON(C)C1c1ccc(C(C)(C)C)cc1. The zero-order chi connectivity index (χ0) is 18.1. The minimum Gasteiger partial charge on any atom is -0.297 e. The van der Waals surface area contributed by atoms with Gasteiger partial charge in [-0.1, -0.05) is 52.0 Å². The van der Waals surface area contributed by atoms with E-state index in [1.165, 1.54) is 5.56 Å². The summed E-state index contributed by atoms with van der Waals surface area (Å²) in [6.07, 6.45) is 0.758. The van der Waals surface area contributed by atoms with Gasteiger partial charge in [0.1, 0.15) is 5.25 Å². The quantitative estimate of drug-likeness (QED) is 0.883. The van der Waals surface area contributed by atoms with Crippen molar-refractivity contribution < 1.29 is 13.3 Å². The Kier molecular flexibility index (Phi) is 5.75. The number of hydroxylamine groups is 2. The van der Waals surface area contributed by atoms with Crippen molar-refractivity contribution in [1.29, 1.82) is 0 Å². The maximum Gasteiger partial charge on any atom is 0.219 e. The summed E-state index contributed by atoms with van der Waals surface area (Å²) in [7, 11) is -1.66. The van der Waals surface area contributed by atoms with Crippen molar-refractivity contribution >= 4 is 10.0 Å². The summed E-state index contributed by atoms with van der Waals surface area (Å²) >= 11 is 0. The van der Waals surface area contributed by atoms with E-state index in [0.717, 1.165) is 12.0 Å². The van der Waals surface area contributed by atoms with Crippen LogP contribution in [0.5, 0.6) is 0 Å². The van der Waals surface area contributed by atoms with Crippen LogP contribution >= 0.6 is 0 Å². The Morgan fingerprint density at radius 3 is 2.38 bits per heavy atom. The van der Waals surface area contributed by atoms with E-state index in [-0.39, 0.29) is 24.1 Å². The second kappa shape index (κ2) is 7.12. The second-order valence-corrected chi connectivity index (χ2v) is 9.60. The van der Waals surface area contributed by atoms with Gasteiger partial charge in [0, 0.05) is 13.1 Å². The summed E-state index contributed by atoms with van der Waals surface area (Å²) in [4.78, 5) is 5.55. The molecule has 0 amide bonds. The van der Waals surface area contributed by atoms with Gasteiger partial charge in [-0.05, 0) is 29.9 Å². The Morgan fingerprint density at radius 1 is 1.29 bits per heavy atom. The lowest BCUT2D eigenvalue weighted by Gasteiger charge is -2.25. The van der Waals surface area contributed by atoms with Crippen molar-refractivity contribution in [3.63, 3.8) is 0 Å². The van der Waals surface area contributed by atoms with E-state index in [4.69, 9.17) is 4.84 Å². The molecule has 0 radical (unpaired) electrons. The van der Waals surface area contributed by atoms with Gasteiger partial charge in [0.05, 0.1) is 12.6 Å². The van der Waals surface area contributed by atoms with Gasteiger partial charge in [-0.2, -0.15) is 5.06 Å². The molecule has 136 valence electrons. The highest BCUT2D eigenvalue weighted by Crippen LogP contribution is 2.34. The zero-order valence-electron chi connectivity index (χ0n) is 15.5. The molecule has 0 aliphatic carbocycles. The average Bonchev–Trinajstić information content (AvgIpc) is 2.88. The molecule has 1 aromatic carbocycles. The Hall–Kier alpha value is -0.950. The first-order valence-corrected chi connectivity index (χ1v) is 10.1. The summed E-state index contributed by atoms with van der Waals surface area (Å²) in [6, 6.07) is 7.80. The van der Waals surface area contributed by atoms with Crippen LogP contribution in [0.1, 0.15) is 58.2 Å².